The van der Waals surface area contributed by atoms with Crippen molar-refractivity contribution in [3.63, 3.8) is 0 Å². The van der Waals surface area contributed by atoms with Crippen LogP contribution in [0.15, 0.2) is 60.0 Å². The maximum Gasteiger partial charge on any atom is 0.410 e. The summed E-state index contributed by atoms with van der Waals surface area (Å²) in [6.45, 7) is 0.694. The summed E-state index contributed by atoms with van der Waals surface area (Å²) in [5, 5.41) is 5.31. The number of carbonyl (C=O) groups is 2. The van der Waals surface area contributed by atoms with Gasteiger partial charge in [-0.2, -0.15) is 0 Å². The van der Waals surface area contributed by atoms with Gasteiger partial charge in [-0.3, -0.25) is 9.69 Å². The Morgan fingerprint density at radius 3 is 2.62 bits per heavy atom. The molecule has 0 saturated carbocycles. The van der Waals surface area contributed by atoms with E-state index in [1.54, 1.807) is 0 Å². The van der Waals surface area contributed by atoms with Gasteiger partial charge in [0.2, 0.25) is 5.91 Å². The van der Waals surface area contributed by atoms with E-state index in [1.807, 2.05) is 79.0 Å². The van der Waals surface area contributed by atoms with Gasteiger partial charge < -0.3 is 15.0 Å². The highest BCUT2D eigenvalue weighted by Crippen LogP contribution is 2.27. The second kappa shape index (κ2) is 9.82. The molecule has 166 valence electrons. The van der Waals surface area contributed by atoms with E-state index in [9.17, 15) is 9.59 Å². The van der Waals surface area contributed by atoms with Gasteiger partial charge in [0, 0.05) is 37.3 Å². The smallest absolute Gasteiger partial charge is 0.410 e. The minimum Gasteiger partial charge on any atom is -0.445 e. The van der Waals surface area contributed by atoms with Gasteiger partial charge in [-0.15, -0.1) is 11.3 Å². The van der Waals surface area contributed by atoms with Crippen molar-refractivity contribution in [2.45, 2.75) is 25.5 Å². The van der Waals surface area contributed by atoms with Crippen LogP contribution in [0.4, 0.5) is 15.6 Å². The lowest BCUT2D eigenvalue weighted by Crippen LogP contribution is -2.43. The number of thiazole rings is 1. The third kappa shape index (κ3) is 5.08. The number of ether oxygens (including phenoxy) is 1. The van der Waals surface area contributed by atoms with E-state index in [0.29, 0.717) is 18.1 Å². The molecule has 0 aliphatic carbocycles. The van der Waals surface area contributed by atoms with Crippen molar-refractivity contribution in [1.29, 1.82) is 0 Å². The normalized spacial score (nSPS) is 15.4. The number of benzene rings is 2. The molecule has 1 saturated heterocycles. The number of aromatic nitrogens is 1. The van der Waals surface area contributed by atoms with Gasteiger partial charge in [0.05, 0.1) is 5.69 Å². The molecule has 3 aromatic rings. The van der Waals surface area contributed by atoms with E-state index in [1.165, 1.54) is 16.2 Å². The third-order valence-corrected chi connectivity index (χ3v) is 6.17. The summed E-state index contributed by atoms with van der Waals surface area (Å²) < 4.78 is 5.42. The molecule has 32 heavy (non-hydrogen) atoms. The van der Waals surface area contributed by atoms with E-state index in [2.05, 4.69) is 10.3 Å². The van der Waals surface area contributed by atoms with Gasteiger partial charge >= 0.3 is 6.09 Å². The monoisotopic (exact) mass is 450 g/mol. The highest BCUT2D eigenvalue weighted by Gasteiger charge is 2.35. The van der Waals surface area contributed by atoms with E-state index < -0.39 is 12.1 Å². The number of nitrogens with one attached hydrogen (secondary N) is 1. The average molecular weight is 451 g/mol. The fourth-order valence-corrected chi connectivity index (χ4v) is 4.37. The lowest BCUT2D eigenvalue weighted by atomic mass is 10.1. The fourth-order valence-electron chi connectivity index (χ4n) is 3.64. The number of rotatable bonds is 6. The molecule has 1 aliphatic heterocycles. The maximum atomic E-state index is 12.9. The topological polar surface area (TPSA) is 74.8 Å². The zero-order valence-electron chi connectivity index (χ0n) is 18.2. The predicted octanol–water partition coefficient (Wildman–Crippen LogP) is 4.62. The quantitative estimate of drug-likeness (QED) is 0.593. The van der Waals surface area contributed by atoms with Crippen molar-refractivity contribution in [3.8, 4) is 11.3 Å². The number of hydrogen-bond donors (Lipinski definition) is 1. The number of carbonyl (C=O) groups excluding carboxylic acids is 2. The minimum absolute atomic E-state index is 0.187. The highest BCUT2D eigenvalue weighted by molar-refractivity contribution is 7.14. The van der Waals surface area contributed by atoms with Gasteiger partial charge in [0.25, 0.3) is 0 Å². The van der Waals surface area contributed by atoms with E-state index in [4.69, 9.17) is 4.74 Å². The fraction of sp³-hybridized carbons (Fsp3) is 0.292. The van der Waals surface area contributed by atoms with Crippen LogP contribution in [-0.4, -0.2) is 48.6 Å². The molecular weight excluding hydrogens is 424 g/mol. The molecule has 7 nitrogen and oxygen atoms in total. The number of hydrogen-bond acceptors (Lipinski definition) is 6. The van der Waals surface area contributed by atoms with Crippen LogP contribution in [0.5, 0.6) is 0 Å². The average Bonchev–Trinajstić information content (AvgIpc) is 3.48. The summed E-state index contributed by atoms with van der Waals surface area (Å²) in [5.74, 6) is -0.233. The van der Waals surface area contributed by atoms with Crippen LogP contribution in [0.25, 0.3) is 11.3 Å². The number of anilines is 2. The summed E-state index contributed by atoms with van der Waals surface area (Å²) in [6, 6.07) is 17.0. The Labute approximate surface area is 191 Å². The Balaban J connectivity index is 1.36. The van der Waals surface area contributed by atoms with Crippen LogP contribution in [0.2, 0.25) is 0 Å². The molecule has 2 heterocycles. The van der Waals surface area contributed by atoms with Gasteiger partial charge in [-0.05, 0) is 30.5 Å². The van der Waals surface area contributed by atoms with Crippen molar-refractivity contribution in [1.82, 2.24) is 9.88 Å². The first-order valence-electron chi connectivity index (χ1n) is 10.5. The Bertz CT molecular complexity index is 1070. The van der Waals surface area contributed by atoms with E-state index >= 15 is 0 Å². The summed E-state index contributed by atoms with van der Waals surface area (Å²) in [5.41, 5.74) is 3.81. The summed E-state index contributed by atoms with van der Waals surface area (Å²) in [6.07, 6.45) is 0.906. The molecule has 0 bridgehead atoms. The summed E-state index contributed by atoms with van der Waals surface area (Å²) >= 11 is 1.37. The Morgan fingerprint density at radius 1 is 1.16 bits per heavy atom. The van der Waals surface area contributed by atoms with Crippen LogP contribution in [0, 0.1) is 0 Å². The summed E-state index contributed by atoms with van der Waals surface area (Å²) in [4.78, 5) is 33.5. The lowest BCUT2D eigenvalue weighted by molar-refractivity contribution is -0.120. The number of amides is 2. The number of nitrogens with zero attached hydrogens (tertiary/aromatic N) is 3. The van der Waals surface area contributed by atoms with Crippen LogP contribution >= 0.6 is 11.3 Å². The SMILES string of the molecule is CN(C)c1ccc(-c2csc(NC(=O)[C@H]3CCCN3C(=O)OCc3ccccc3)n2)cc1. The number of likely N-dealkylation sites (tertiary alicyclic amines) is 1. The molecule has 1 N–H and O–H groups in total. The molecule has 4 rings (SSSR count). The molecule has 8 heteroatoms. The van der Waals surface area contributed by atoms with Gasteiger partial charge in [0.15, 0.2) is 5.13 Å². The molecule has 0 radical (unpaired) electrons. The zero-order valence-corrected chi connectivity index (χ0v) is 19.0. The minimum atomic E-state index is -0.551. The standard InChI is InChI=1S/C24H26N4O3S/c1-27(2)19-12-10-18(11-13-19)20-16-32-23(25-20)26-22(29)21-9-6-14-28(21)24(30)31-15-17-7-4-3-5-8-17/h3-5,7-8,10-13,16,21H,6,9,14-15H2,1-2H3,(H,25,26,29)/t21-/m1/s1. The van der Waals surface area contributed by atoms with Gasteiger partial charge in [-0.1, -0.05) is 42.5 Å². The second-order valence-electron chi connectivity index (χ2n) is 7.86. The highest BCUT2D eigenvalue weighted by atomic mass is 32.1. The molecule has 0 spiro atoms. The molecule has 2 aromatic carbocycles. The molecule has 0 unspecified atom stereocenters. The molecule has 2 amide bonds. The second-order valence-corrected chi connectivity index (χ2v) is 8.72. The van der Waals surface area contributed by atoms with Crippen molar-refractivity contribution < 1.29 is 14.3 Å². The Kier molecular flexibility index (Phi) is 6.70. The Hall–Kier alpha value is -3.39. The van der Waals surface area contributed by atoms with Crippen LogP contribution in [0.1, 0.15) is 18.4 Å². The van der Waals surface area contributed by atoms with E-state index in [-0.39, 0.29) is 12.5 Å². The molecule has 1 aromatic heterocycles. The van der Waals surface area contributed by atoms with Gasteiger partial charge in [-0.25, -0.2) is 9.78 Å². The lowest BCUT2D eigenvalue weighted by Gasteiger charge is -2.22. The zero-order chi connectivity index (χ0) is 22.5. The van der Waals surface area contributed by atoms with Crippen molar-refractivity contribution >= 4 is 34.2 Å². The Morgan fingerprint density at radius 2 is 1.91 bits per heavy atom. The maximum absolute atomic E-state index is 12.9. The first-order valence-corrected chi connectivity index (χ1v) is 11.4. The molecule has 1 fully saturated rings. The first-order chi connectivity index (χ1) is 15.5. The molecule has 1 atom stereocenters. The largest absolute Gasteiger partial charge is 0.445 e. The third-order valence-electron chi connectivity index (χ3n) is 5.41. The molecule has 1 aliphatic rings. The van der Waals surface area contributed by atoms with Crippen LogP contribution in [0.3, 0.4) is 0 Å². The summed E-state index contributed by atoms with van der Waals surface area (Å²) in [7, 11) is 3.99. The van der Waals surface area contributed by atoms with Crippen molar-refractivity contribution in [2.75, 3.05) is 30.9 Å². The van der Waals surface area contributed by atoms with Crippen molar-refractivity contribution in [2.24, 2.45) is 0 Å². The first kappa shape index (κ1) is 21.8. The van der Waals surface area contributed by atoms with Gasteiger partial charge in [0.1, 0.15) is 12.6 Å². The van der Waals surface area contributed by atoms with Crippen molar-refractivity contribution in [3.05, 3.63) is 65.5 Å². The van der Waals surface area contributed by atoms with Crippen LogP contribution in [-0.2, 0) is 16.1 Å². The predicted molar refractivity (Wildman–Crippen MR) is 127 cm³/mol. The molecular formula is C24H26N4O3S. The van der Waals surface area contributed by atoms with E-state index in [0.717, 1.165) is 28.9 Å². The van der Waals surface area contributed by atoms with Crippen LogP contribution < -0.4 is 10.2 Å².